The summed E-state index contributed by atoms with van der Waals surface area (Å²) in [6, 6.07) is 14.5. The molecule has 2 aromatic rings. The van der Waals surface area contributed by atoms with Gasteiger partial charge in [-0.2, -0.15) is 0 Å². The number of halogens is 2. The number of benzene rings is 2. The second-order valence-electron chi connectivity index (χ2n) is 6.93. The third-order valence-corrected chi connectivity index (χ3v) is 5.03. The summed E-state index contributed by atoms with van der Waals surface area (Å²) in [5.41, 5.74) is 1.74. The Morgan fingerprint density at radius 3 is 2.00 bits per heavy atom. The predicted octanol–water partition coefficient (Wildman–Crippen LogP) is 3.79. The Bertz CT molecular complexity index is 821. The van der Waals surface area contributed by atoms with Crippen molar-refractivity contribution in [3.63, 3.8) is 0 Å². The van der Waals surface area contributed by atoms with Gasteiger partial charge in [0, 0.05) is 22.6 Å². The fourth-order valence-electron chi connectivity index (χ4n) is 3.04. The van der Waals surface area contributed by atoms with E-state index in [4.69, 9.17) is 23.2 Å². The van der Waals surface area contributed by atoms with Gasteiger partial charge in [0.2, 0.25) is 11.8 Å². The van der Waals surface area contributed by atoms with Gasteiger partial charge in [0.15, 0.2) is 0 Å². The lowest BCUT2D eigenvalue weighted by Gasteiger charge is -2.19. The number of hydrogen-bond acceptors (Lipinski definition) is 2. The van der Waals surface area contributed by atoms with Gasteiger partial charge in [-0.05, 0) is 54.2 Å². The first kappa shape index (κ1) is 19.7. The first-order valence-corrected chi connectivity index (χ1v) is 9.80. The van der Waals surface area contributed by atoms with Gasteiger partial charge in [-0.1, -0.05) is 47.5 Å². The number of hydrogen-bond donors (Lipinski definition) is 2. The Morgan fingerprint density at radius 2 is 1.48 bits per heavy atom. The first-order chi connectivity index (χ1) is 13.0. The quantitative estimate of drug-likeness (QED) is 0.702. The van der Waals surface area contributed by atoms with Crippen LogP contribution in [-0.2, 0) is 22.4 Å². The summed E-state index contributed by atoms with van der Waals surface area (Å²) >= 11 is 11.9. The van der Waals surface area contributed by atoms with Crippen LogP contribution in [0.1, 0.15) is 24.0 Å². The molecule has 1 aliphatic carbocycles. The summed E-state index contributed by atoms with van der Waals surface area (Å²) in [5.74, 6) is 0.296. The van der Waals surface area contributed by atoms with E-state index >= 15 is 0 Å². The van der Waals surface area contributed by atoms with Gasteiger partial charge in [-0.15, -0.1) is 0 Å². The van der Waals surface area contributed by atoms with E-state index in [1.807, 2.05) is 24.3 Å². The van der Waals surface area contributed by atoms with Crippen molar-refractivity contribution in [3.05, 3.63) is 69.7 Å². The van der Waals surface area contributed by atoms with Gasteiger partial charge >= 0.3 is 0 Å². The maximum atomic E-state index is 12.4. The van der Waals surface area contributed by atoms with E-state index in [0.29, 0.717) is 22.5 Å². The van der Waals surface area contributed by atoms with Crippen LogP contribution >= 0.6 is 23.2 Å². The third-order valence-electron chi connectivity index (χ3n) is 4.56. The molecule has 4 nitrogen and oxygen atoms in total. The molecule has 0 aliphatic heterocycles. The molecule has 1 saturated carbocycles. The molecule has 0 aromatic heterocycles. The van der Waals surface area contributed by atoms with Crippen molar-refractivity contribution in [3.8, 4) is 0 Å². The van der Waals surface area contributed by atoms with Gasteiger partial charge in [0.05, 0.1) is 12.8 Å². The maximum Gasteiger partial charge on any atom is 0.224 e. The van der Waals surface area contributed by atoms with E-state index < -0.39 is 0 Å². The summed E-state index contributed by atoms with van der Waals surface area (Å²) in [7, 11) is 0. The molecule has 1 unspecified atom stereocenters. The number of rotatable bonds is 8. The van der Waals surface area contributed by atoms with E-state index in [1.54, 1.807) is 24.3 Å². The Labute approximate surface area is 169 Å². The molecule has 0 bridgehead atoms. The molecule has 3 rings (SSSR count). The molecule has 0 radical (unpaired) electrons. The van der Waals surface area contributed by atoms with Crippen LogP contribution in [0.5, 0.6) is 0 Å². The van der Waals surface area contributed by atoms with E-state index in [2.05, 4.69) is 10.6 Å². The highest BCUT2D eigenvalue weighted by Gasteiger charge is 2.32. The van der Waals surface area contributed by atoms with Crippen molar-refractivity contribution in [2.24, 2.45) is 5.92 Å². The molecular formula is C21H22Cl2N2O2. The largest absolute Gasteiger partial charge is 0.354 e. The molecule has 142 valence electrons. The summed E-state index contributed by atoms with van der Waals surface area (Å²) in [4.78, 5) is 24.6. The van der Waals surface area contributed by atoms with Crippen LogP contribution in [0.3, 0.4) is 0 Å². The van der Waals surface area contributed by atoms with Crippen molar-refractivity contribution in [2.45, 2.75) is 31.7 Å². The average molecular weight is 405 g/mol. The van der Waals surface area contributed by atoms with E-state index in [-0.39, 0.29) is 30.7 Å². The number of nitrogens with one attached hydrogen (secondary N) is 2. The van der Waals surface area contributed by atoms with Crippen LogP contribution in [0.4, 0.5) is 0 Å². The predicted molar refractivity (Wildman–Crippen MR) is 108 cm³/mol. The standard InChI is InChI=1S/C21H22Cl2N2O2/c22-17-5-1-3-14(9-17)11-20(26)24-13-19(16-7-8-16)25-21(27)12-15-4-2-6-18(23)10-15/h1-6,9-10,16,19H,7-8,11-13H2,(H,24,26)(H,25,27). The first-order valence-electron chi connectivity index (χ1n) is 9.04. The SMILES string of the molecule is O=C(Cc1cccc(Cl)c1)NCC(NC(=O)Cc1cccc(Cl)c1)C1CC1. The van der Waals surface area contributed by atoms with Crippen molar-refractivity contribution in [1.29, 1.82) is 0 Å². The van der Waals surface area contributed by atoms with Crippen LogP contribution in [0.15, 0.2) is 48.5 Å². The number of amides is 2. The molecule has 0 saturated heterocycles. The van der Waals surface area contributed by atoms with Crippen LogP contribution < -0.4 is 10.6 Å². The Kier molecular flexibility index (Phi) is 6.75. The molecular weight excluding hydrogens is 383 g/mol. The van der Waals surface area contributed by atoms with Crippen LogP contribution in [0.25, 0.3) is 0 Å². The van der Waals surface area contributed by atoms with Crippen molar-refractivity contribution in [2.75, 3.05) is 6.54 Å². The van der Waals surface area contributed by atoms with Gasteiger partial charge in [-0.3, -0.25) is 9.59 Å². The molecule has 2 amide bonds. The van der Waals surface area contributed by atoms with Gasteiger partial charge in [0.25, 0.3) is 0 Å². The van der Waals surface area contributed by atoms with Crippen molar-refractivity contribution < 1.29 is 9.59 Å². The zero-order valence-corrected chi connectivity index (χ0v) is 16.4. The summed E-state index contributed by atoms with van der Waals surface area (Å²) in [6.45, 7) is 0.436. The fourth-order valence-corrected chi connectivity index (χ4v) is 3.47. The molecule has 2 aromatic carbocycles. The molecule has 0 heterocycles. The minimum atomic E-state index is -0.0768. The van der Waals surface area contributed by atoms with Crippen LogP contribution in [0, 0.1) is 5.92 Å². The molecule has 0 spiro atoms. The Morgan fingerprint density at radius 1 is 0.926 bits per heavy atom. The number of carbonyl (C=O) groups is 2. The summed E-state index contributed by atoms with van der Waals surface area (Å²) in [6.07, 6.45) is 2.70. The molecule has 1 aliphatic rings. The Balaban J connectivity index is 1.49. The number of carbonyl (C=O) groups excluding carboxylic acids is 2. The molecule has 1 fully saturated rings. The normalized spacial score (nSPS) is 14.4. The molecule has 6 heteroatoms. The van der Waals surface area contributed by atoms with Gasteiger partial charge < -0.3 is 10.6 Å². The smallest absolute Gasteiger partial charge is 0.224 e. The maximum absolute atomic E-state index is 12.4. The fraction of sp³-hybridized carbons (Fsp3) is 0.333. The average Bonchev–Trinajstić information content (AvgIpc) is 3.43. The van der Waals surface area contributed by atoms with Crippen LogP contribution in [0.2, 0.25) is 10.0 Å². The lowest BCUT2D eigenvalue weighted by molar-refractivity contribution is -0.123. The second kappa shape index (κ2) is 9.25. The lowest BCUT2D eigenvalue weighted by Crippen LogP contribution is -2.45. The molecule has 27 heavy (non-hydrogen) atoms. The van der Waals surface area contributed by atoms with Gasteiger partial charge in [0.1, 0.15) is 0 Å². The van der Waals surface area contributed by atoms with Crippen molar-refractivity contribution >= 4 is 35.0 Å². The third kappa shape index (κ3) is 6.56. The highest BCUT2D eigenvalue weighted by Crippen LogP contribution is 2.32. The second-order valence-corrected chi connectivity index (χ2v) is 7.80. The van der Waals surface area contributed by atoms with E-state index in [1.165, 1.54) is 0 Å². The van der Waals surface area contributed by atoms with Gasteiger partial charge in [-0.25, -0.2) is 0 Å². The van der Waals surface area contributed by atoms with E-state index in [0.717, 1.165) is 24.0 Å². The minimum Gasteiger partial charge on any atom is -0.354 e. The van der Waals surface area contributed by atoms with E-state index in [9.17, 15) is 9.59 Å². The minimum absolute atomic E-state index is 0.0417. The summed E-state index contributed by atoms with van der Waals surface area (Å²) < 4.78 is 0. The zero-order valence-electron chi connectivity index (χ0n) is 14.9. The van der Waals surface area contributed by atoms with Crippen LogP contribution in [-0.4, -0.2) is 24.4 Å². The van der Waals surface area contributed by atoms with Crippen molar-refractivity contribution in [1.82, 2.24) is 10.6 Å². The highest BCUT2D eigenvalue weighted by atomic mass is 35.5. The monoisotopic (exact) mass is 404 g/mol. The topological polar surface area (TPSA) is 58.2 Å². The Hall–Kier alpha value is -2.04. The highest BCUT2D eigenvalue weighted by molar-refractivity contribution is 6.30. The summed E-state index contributed by atoms with van der Waals surface area (Å²) in [5, 5.41) is 7.22. The molecule has 2 N–H and O–H groups in total. The molecule has 1 atom stereocenters. The zero-order chi connectivity index (χ0) is 19.2. The lowest BCUT2D eigenvalue weighted by atomic mass is 10.1.